The van der Waals surface area contributed by atoms with Crippen molar-refractivity contribution in [1.82, 2.24) is 8.75 Å². The van der Waals surface area contributed by atoms with Gasteiger partial charge in [0.25, 0.3) is 0 Å². The Hall–Kier alpha value is -10.3. The zero-order valence-corrected chi connectivity index (χ0v) is 82.1. The van der Waals surface area contributed by atoms with Gasteiger partial charge < -0.3 is 10.2 Å². The number of allylic oxidation sites excluding steroid dienone is 2. The Morgan fingerprint density at radius 2 is 0.618 bits per heavy atom. The molecule has 1 aromatic heterocycles. The number of nitrogens with zero attached hydrogens (tertiary/aromatic N) is 2. The number of aromatic nitrogens is 2. The van der Waals surface area contributed by atoms with Crippen LogP contribution >= 0.6 is 11.7 Å². The summed E-state index contributed by atoms with van der Waals surface area (Å²) >= 11 is 1.32. The first-order valence-corrected chi connectivity index (χ1v) is 52.1. The summed E-state index contributed by atoms with van der Waals surface area (Å²) in [6, 6.07) is 78.1. The summed E-state index contributed by atoms with van der Waals surface area (Å²) < 4.78 is 10.3. The molecule has 11 aromatic carbocycles. The minimum atomic E-state index is -0.685. The van der Waals surface area contributed by atoms with Crippen LogP contribution in [0.4, 0.5) is 0 Å². The van der Waals surface area contributed by atoms with Crippen molar-refractivity contribution in [2.75, 3.05) is 0 Å². The predicted octanol–water partition coefficient (Wildman–Crippen LogP) is 36.7. The molecule has 7 heteroatoms. The van der Waals surface area contributed by atoms with E-state index in [1.54, 1.807) is 0 Å². The van der Waals surface area contributed by atoms with Gasteiger partial charge in [0.2, 0.25) is 0 Å². The van der Waals surface area contributed by atoms with Gasteiger partial charge in [0.15, 0.2) is 0 Å². The molecule has 131 heavy (non-hydrogen) atoms. The van der Waals surface area contributed by atoms with E-state index in [2.05, 4.69) is 261 Å². The molecular weight excluding hydrogens is 1610 g/mol. The maximum atomic E-state index is 11.0. The Bertz CT molecular complexity index is 5900. The second kappa shape index (κ2) is 45.4. The van der Waals surface area contributed by atoms with E-state index in [0.29, 0.717) is 12.3 Å². The zero-order valence-electron chi connectivity index (χ0n) is 81.3. The van der Waals surface area contributed by atoms with Gasteiger partial charge in [-0.1, -0.05) is 414 Å². The average molecular weight is 1760 g/mol. The highest BCUT2D eigenvalue weighted by atomic mass is 32.1. The van der Waals surface area contributed by atoms with Gasteiger partial charge in [-0.25, -0.2) is 0 Å². The number of aliphatic carboxylic acids is 2. The number of carboxylic acid groups (broad SMARTS) is 2. The number of unbranched alkanes of at least 4 members (excludes halogenated alkanes) is 26. The summed E-state index contributed by atoms with van der Waals surface area (Å²) in [7, 11) is 0. The van der Waals surface area contributed by atoms with E-state index >= 15 is 0 Å². The van der Waals surface area contributed by atoms with Crippen LogP contribution in [0.3, 0.4) is 0 Å². The molecule has 2 atom stereocenters. The van der Waals surface area contributed by atoms with E-state index < -0.39 is 22.8 Å². The lowest BCUT2D eigenvalue weighted by Gasteiger charge is -2.34. The summed E-state index contributed by atoms with van der Waals surface area (Å²) in [4.78, 5) is 21.2. The number of hydrogen-bond donors (Lipinski definition) is 2. The molecule has 0 aliphatic heterocycles. The number of hydrogen-bond acceptors (Lipinski definition) is 5. The van der Waals surface area contributed by atoms with Crippen molar-refractivity contribution in [1.29, 1.82) is 0 Å². The van der Waals surface area contributed by atoms with Crippen LogP contribution in [0.15, 0.2) is 219 Å². The minimum absolute atomic E-state index is 0.155. The monoisotopic (exact) mass is 1760 g/mol. The maximum Gasteiger partial charge on any atom is 0.303 e. The third-order valence-electron chi connectivity index (χ3n) is 29.8. The van der Waals surface area contributed by atoms with Gasteiger partial charge in [-0.05, 0) is 260 Å². The third-order valence-corrected chi connectivity index (χ3v) is 30.3. The molecule has 0 bridgehead atoms. The fraction of sp³-hybridized carbons (Fsp3) is 0.419. The molecule has 2 unspecified atom stereocenters. The van der Waals surface area contributed by atoms with Gasteiger partial charge in [-0.3, -0.25) is 9.59 Å². The Labute approximate surface area is 791 Å². The van der Waals surface area contributed by atoms with Crippen molar-refractivity contribution in [3.63, 3.8) is 0 Å². The van der Waals surface area contributed by atoms with Crippen LogP contribution in [-0.4, -0.2) is 30.9 Å². The highest BCUT2D eigenvalue weighted by molar-refractivity contribution is 7.00. The second-order valence-electron chi connectivity index (χ2n) is 38.5. The van der Waals surface area contributed by atoms with Crippen LogP contribution in [0.2, 0.25) is 0 Å². The van der Waals surface area contributed by atoms with Gasteiger partial charge in [0.05, 0.1) is 17.1 Å². The number of aryl methyl sites for hydroxylation is 4. The second-order valence-corrected chi connectivity index (χ2v) is 39.0. The van der Waals surface area contributed by atoms with Gasteiger partial charge >= 0.3 is 11.9 Å². The SMILES string of the molecule is C=CCCCCC1(C=C)c2cc(-c3ccc4c(c3)C(CCCCCCCC)(CCCCCCCC)c3cc(-c5ccc6c(c5)C5(c7cc(C)ccc7-c7ccc(C)cc75)c5cc(C)ccc5-6)ccc3-4)ccc2-c2ccc(-c3ccc(-c4ccc5c(c4)C(CCCCCCCCCCC(=O)O)c4cc(C)ccc4-5)c4nsnc34)cc21.CC.CC.CCCCCCCCCCC(=O)O. The van der Waals surface area contributed by atoms with E-state index in [1.807, 2.05) is 27.7 Å². The minimum Gasteiger partial charge on any atom is -0.481 e. The number of benzene rings is 11. The summed E-state index contributed by atoms with van der Waals surface area (Å²) in [5.74, 6) is -1.00. The molecule has 684 valence electrons. The number of carbonyl (C=O) groups is 2. The van der Waals surface area contributed by atoms with Crippen molar-refractivity contribution in [3.05, 3.63) is 297 Å². The molecule has 0 radical (unpaired) electrons. The molecule has 1 spiro atoms. The summed E-state index contributed by atoms with van der Waals surface area (Å²) in [5, 5.41) is 17.5. The fourth-order valence-electron chi connectivity index (χ4n) is 23.1. The van der Waals surface area contributed by atoms with Crippen LogP contribution in [-0.2, 0) is 25.8 Å². The van der Waals surface area contributed by atoms with Crippen molar-refractivity contribution in [2.24, 2.45) is 0 Å². The van der Waals surface area contributed by atoms with Gasteiger partial charge in [0.1, 0.15) is 11.0 Å². The molecular formula is C124H148N2O4S. The normalized spacial score (nSPS) is 14.7. The van der Waals surface area contributed by atoms with Crippen LogP contribution in [0.25, 0.3) is 111 Å². The highest BCUT2D eigenvalue weighted by Gasteiger charge is 2.53. The largest absolute Gasteiger partial charge is 0.481 e. The standard InChI is InChI=1S/C109H114N2O2S.C11H22O2.2C2H6/c1-9-13-16-19-27-32-59-108(60-33-28-20-17-14-10-2)98-67-76(41-52-88(98)89-53-42-77(68-99(89)108)78-43-54-93-92-49-39-74(8)64-102(92)109(103(93)69-78)100-62-72(6)37-47-90(100)91-48-38-73(7)63-101(91)109)75-40-51-86-87-55-45-80(70-97(87)107(12-4,96(86)66-75)58-31-18-15-11-3)82-57-56-81(105-106(82)111-114-110-105)79-44-50-85-84-46-36-71(5)61-94(84)83(95(85)65-79)34-29-25-23-21-22-24-26-30-35-104(112)113;1-2-3-4-5-6-7-8-9-10-11(12)13;2*1-2/h11-12,36-57,61-70,83H,3-4,9-10,13-35,58-60H2,1-2,5-8H3,(H,112,113);2-10H2,1H3,(H,12,13);2*1-2H3. The lowest BCUT2D eigenvalue weighted by Crippen LogP contribution is -2.26. The molecule has 5 aliphatic rings. The van der Waals surface area contributed by atoms with E-state index in [4.69, 9.17) is 25.5 Å². The topological polar surface area (TPSA) is 100 Å². The summed E-state index contributed by atoms with van der Waals surface area (Å²) in [5.41, 5.74) is 43.7. The Balaban J connectivity index is 0.000000745. The lowest BCUT2D eigenvalue weighted by atomic mass is 9.69. The first-order chi connectivity index (χ1) is 64.1. The van der Waals surface area contributed by atoms with Crippen LogP contribution in [0, 0.1) is 27.7 Å². The molecule has 0 saturated carbocycles. The van der Waals surface area contributed by atoms with Crippen molar-refractivity contribution in [3.8, 4) is 100 Å². The third kappa shape index (κ3) is 20.3. The van der Waals surface area contributed by atoms with Crippen LogP contribution < -0.4 is 0 Å². The zero-order chi connectivity index (χ0) is 92.2. The number of carboxylic acids is 2. The summed E-state index contributed by atoms with van der Waals surface area (Å²) in [6.07, 6.45) is 46.3. The molecule has 6 nitrogen and oxygen atoms in total. The van der Waals surface area contributed by atoms with Crippen molar-refractivity contribution < 1.29 is 19.8 Å². The van der Waals surface area contributed by atoms with E-state index in [-0.39, 0.29) is 11.8 Å². The molecule has 12 aromatic rings. The highest BCUT2D eigenvalue weighted by Crippen LogP contribution is 2.65. The Morgan fingerprint density at radius 3 is 1.03 bits per heavy atom. The van der Waals surface area contributed by atoms with E-state index in [9.17, 15) is 9.59 Å². The van der Waals surface area contributed by atoms with Gasteiger partial charge in [-0.15, -0.1) is 13.2 Å². The molecule has 0 fully saturated rings. The molecule has 0 amide bonds. The Kier molecular flexibility index (Phi) is 33.5. The van der Waals surface area contributed by atoms with Gasteiger partial charge in [0, 0.05) is 40.7 Å². The van der Waals surface area contributed by atoms with Crippen LogP contribution in [0.5, 0.6) is 0 Å². The number of fused-ring (bicyclic) bond motifs is 20. The first-order valence-electron chi connectivity index (χ1n) is 51.3. The molecule has 17 rings (SSSR count). The Morgan fingerprint density at radius 1 is 0.321 bits per heavy atom. The quantitative estimate of drug-likeness (QED) is 0.0292. The van der Waals surface area contributed by atoms with Crippen molar-refractivity contribution in [2.45, 2.75) is 336 Å². The average Bonchev–Trinajstić information content (AvgIpc) is 1.50. The van der Waals surface area contributed by atoms with Crippen LogP contribution in [0.1, 0.15) is 370 Å². The number of rotatable bonds is 44. The predicted molar refractivity (Wildman–Crippen MR) is 560 cm³/mol. The fourth-order valence-corrected chi connectivity index (χ4v) is 23.7. The molecule has 2 N–H and O–H groups in total. The van der Waals surface area contributed by atoms with Crippen molar-refractivity contribution >= 4 is 34.7 Å². The molecule has 5 aliphatic carbocycles. The first kappa shape index (κ1) is 96.7. The smallest absolute Gasteiger partial charge is 0.303 e. The lowest BCUT2D eigenvalue weighted by molar-refractivity contribution is -0.138. The maximum absolute atomic E-state index is 11.0. The molecule has 1 heterocycles. The van der Waals surface area contributed by atoms with E-state index in [0.717, 1.165) is 105 Å². The summed E-state index contributed by atoms with van der Waals surface area (Å²) in [6.45, 7) is 32.9. The van der Waals surface area contributed by atoms with Gasteiger partial charge in [-0.2, -0.15) is 8.75 Å². The molecule has 0 saturated heterocycles. The van der Waals surface area contributed by atoms with E-state index in [1.165, 1.54) is 321 Å².